The number of carbonyl (C=O) groups excluding carboxylic acids is 2. The Balaban J connectivity index is 1.37. The van der Waals surface area contributed by atoms with Crippen molar-refractivity contribution in [3.63, 3.8) is 0 Å². The molecule has 3 aromatic carbocycles. The number of nitrogens with one attached hydrogen (secondary N) is 1. The van der Waals surface area contributed by atoms with E-state index in [1.807, 2.05) is 12.1 Å². The lowest BCUT2D eigenvalue weighted by Crippen LogP contribution is -2.49. The predicted octanol–water partition coefficient (Wildman–Crippen LogP) is 3.95. The van der Waals surface area contributed by atoms with Gasteiger partial charge in [0.15, 0.2) is 0 Å². The highest BCUT2D eigenvalue weighted by Crippen LogP contribution is 2.23. The Hall–Kier alpha value is -4.27. The van der Waals surface area contributed by atoms with Crippen LogP contribution in [0.25, 0.3) is 0 Å². The summed E-state index contributed by atoms with van der Waals surface area (Å²) in [6.07, 6.45) is 0. The van der Waals surface area contributed by atoms with Gasteiger partial charge in [-0.15, -0.1) is 0 Å². The average molecular weight is 448 g/mol. The van der Waals surface area contributed by atoms with Crippen molar-refractivity contribution < 1.29 is 18.9 Å². The Morgan fingerprint density at radius 2 is 1.45 bits per heavy atom. The molecule has 0 aromatic heterocycles. The van der Waals surface area contributed by atoms with Crippen LogP contribution in [0.5, 0.6) is 0 Å². The van der Waals surface area contributed by atoms with E-state index in [2.05, 4.69) is 10.2 Å². The van der Waals surface area contributed by atoms with Crippen molar-refractivity contribution in [2.75, 3.05) is 36.4 Å². The summed E-state index contributed by atoms with van der Waals surface area (Å²) < 4.78 is 13.9. The minimum atomic E-state index is -0.589. The van der Waals surface area contributed by atoms with E-state index in [0.29, 0.717) is 31.9 Å². The Labute approximate surface area is 189 Å². The number of piperazine rings is 1. The lowest BCUT2D eigenvalue weighted by atomic mass is 10.1. The van der Waals surface area contributed by atoms with E-state index in [1.54, 1.807) is 35.2 Å². The first-order valence-electron chi connectivity index (χ1n) is 10.4. The van der Waals surface area contributed by atoms with Crippen LogP contribution in [0.15, 0.2) is 72.8 Å². The molecular formula is C24H21FN4O4. The molecule has 4 rings (SSSR count). The lowest BCUT2D eigenvalue weighted by Gasteiger charge is -2.36. The predicted molar refractivity (Wildman–Crippen MR) is 122 cm³/mol. The second kappa shape index (κ2) is 9.47. The van der Waals surface area contributed by atoms with Crippen LogP contribution in [0.3, 0.4) is 0 Å². The van der Waals surface area contributed by atoms with Gasteiger partial charge in [-0.1, -0.05) is 24.3 Å². The molecule has 0 radical (unpaired) electrons. The minimum Gasteiger partial charge on any atom is -0.368 e. The van der Waals surface area contributed by atoms with Crippen molar-refractivity contribution in [3.8, 4) is 0 Å². The summed E-state index contributed by atoms with van der Waals surface area (Å²) in [5, 5.41) is 13.8. The van der Waals surface area contributed by atoms with Crippen molar-refractivity contribution in [1.29, 1.82) is 0 Å². The van der Waals surface area contributed by atoms with Crippen LogP contribution >= 0.6 is 0 Å². The summed E-state index contributed by atoms with van der Waals surface area (Å²) in [5.74, 6) is -1.40. The number of rotatable bonds is 5. The molecule has 1 aliphatic rings. The number of halogens is 1. The third kappa shape index (κ3) is 4.82. The molecule has 8 nitrogen and oxygen atoms in total. The maximum absolute atomic E-state index is 13.9. The monoisotopic (exact) mass is 448 g/mol. The van der Waals surface area contributed by atoms with E-state index in [4.69, 9.17) is 0 Å². The van der Waals surface area contributed by atoms with Crippen molar-refractivity contribution in [1.82, 2.24) is 4.90 Å². The molecule has 1 fully saturated rings. The quantitative estimate of drug-likeness (QED) is 0.471. The SMILES string of the molecule is O=C(Nc1ccc(N2CCN(C(=O)c3ccccc3F)CC2)cc1)c1ccccc1[N+](=O)[O-]. The number of benzene rings is 3. The summed E-state index contributed by atoms with van der Waals surface area (Å²) in [5.41, 5.74) is 1.23. The van der Waals surface area contributed by atoms with E-state index in [-0.39, 0.29) is 22.7 Å². The molecule has 0 bridgehead atoms. The van der Waals surface area contributed by atoms with Crippen LogP contribution < -0.4 is 10.2 Å². The van der Waals surface area contributed by atoms with E-state index >= 15 is 0 Å². The molecule has 0 aliphatic carbocycles. The zero-order valence-corrected chi connectivity index (χ0v) is 17.6. The summed E-state index contributed by atoms with van der Waals surface area (Å²) in [7, 11) is 0. The second-order valence-electron chi connectivity index (χ2n) is 7.53. The number of hydrogen-bond donors (Lipinski definition) is 1. The summed E-state index contributed by atoms with van der Waals surface area (Å²) in [4.78, 5) is 39.3. The third-order valence-electron chi connectivity index (χ3n) is 5.51. The first-order chi connectivity index (χ1) is 15.9. The largest absolute Gasteiger partial charge is 0.368 e. The lowest BCUT2D eigenvalue weighted by molar-refractivity contribution is -0.385. The van der Waals surface area contributed by atoms with Crippen LogP contribution in [-0.2, 0) is 0 Å². The van der Waals surface area contributed by atoms with Gasteiger partial charge < -0.3 is 15.1 Å². The van der Waals surface area contributed by atoms with Crippen molar-refractivity contribution in [2.45, 2.75) is 0 Å². The molecule has 168 valence electrons. The first-order valence-corrected chi connectivity index (χ1v) is 10.4. The van der Waals surface area contributed by atoms with Crippen molar-refractivity contribution in [3.05, 3.63) is 99.9 Å². The molecule has 1 heterocycles. The molecule has 0 saturated carbocycles. The fourth-order valence-electron chi connectivity index (χ4n) is 3.75. The van der Waals surface area contributed by atoms with Gasteiger partial charge in [0.05, 0.1) is 10.5 Å². The smallest absolute Gasteiger partial charge is 0.282 e. The maximum Gasteiger partial charge on any atom is 0.282 e. The molecule has 3 aromatic rings. The number of para-hydroxylation sites is 1. The molecule has 1 saturated heterocycles. The zero-order valence-electron chi connectivity index (χ0n) is 17.6. The number of nitro benzene ring substituents is 1. The number of anilines is 2. The van der Waals surface area contributed by atoms with Gasteiger partial charge >= 0.3 is 0 Å². The Bertz CT molecular complexity index is 1190. The molecule has 33 heavy (non-hydrogen) atoms. The summed E-state index contributed by atoms with van der Waals surface area (Å²) in [6.45, 7) is 2.09. The van der Waals surface area contributed by atoms with Gasteiger partial charge in [-0.2, -0.15) is 0 Å². The fraction of sp³-hybridized carbons (Fsp3) is 0.167. The standard InChI is InChI=1S/C24H21FN4O4/c25-21-7-3-1-5-19(21)24(31)28-15-13-27(14-16-28)18-11-9-17(10-12-18)26-23(30)20-6-2-4-8-22(20)29(32)33/h1-12H,13-16H2,(H,26,30). The van der Waals surface area contributed by atoms with Crippen LogP contribution in [0.4, 0.5) is 21.5 Å². The zero-order chi connectivity index (χ0) is 23.4. The van der Waals surface area contributed by atoms with Gasteiger partial charge in [-0.25, -0.2) is 4.39 Å². The number of nitro groups is 1. The molecule has 2 amide bonds. The maximum atomic E-state index is 13.9. The number of carbonyl (C=O) groups is 2. The summed E-state index contributed by atoms with van der Waals surface area (Å²) >= 11 is 0. The van der Waals surface area contributed by atoms with Gasteiger partial charge in [0.25, 0.3) is 17.5 Å². The fourth-order valence-corrected chi connectivity index (χ4v) is 3.75. The molecule has 0 spiro atoms. The minimum absolute atomic E-state index is 0.0118. The normalized spacial score (nSPS) is 13.5. The molecule has 0 unspecified atom stereocenters. The molecule has 1 aliphatic heterocycles. The highest BCUT2D eigenvalue weighted by Gasteiger charge is 2.24. The van der Waals surface area contributed by atoms with Gasteiger partial charge in [-0.05, 0) is 42.5 Å². The molecule has 9 heteroatoms. The molecule has 0 atom stereocenters. The second-order valence-corrected chi connectivity index (χ2v) is 7.53. The highest BCUT2D eigenvalue weighted by molar-refractivity contribution is 6.07. The Morgan fingerprint density at radius 3 is 2.09 bits per heavy atom. The number of amides is 2. The van der Waals surface area contributed by atoms with E-state index < -0.39 is 16.6 Å². The van der Waals surface area contributed by atoms with Crippen LogP contribution in [0, 0.1) is 15.9 Å². The third-order valence-corrected chi connectivity index (χ3v) is 5.51. The van der Waals surface area contributed by atoms with E-state index in [0.717, 1.165) is 5.69 Å². The van der Waals surface area contributed by atoms with Crippen LogP contribution in [0.2, 0.25) is 0 Å². The first kappa shape index (κ1) is 21.9. The average Bonchev–Trinajstić information content (AvgIpc) is 2.84. The number of hydrogen-bond acceptors (Lipinski definition) is 5. The van der Waals surface area contributed by atoms with Gasteiger partial charge in [0.2, 0.25) is 0 Å². The topological polar surface area (TPSA) is 95.8 Å². The van der Waals surface area contributed by atoms with E-state index in [9.17, 15) is 24.1 Å². The van der Waals surface area contributed by atoms with E-state index in [1.165, 1.54) is 30.3 Å². The van der Waals surface area contributed by atoms with Crippen molar-refractivity contribution >= 4 is 28.9 Å². The van der Waals surface area contributed by atoms with Crippen LogP contribution in [-0.4, -0.2) is 47.8 Å². The molecule has 1 N–H and O–H groups in total. The summed E-state index contributed by atoms with van der Waals surface area (Å²) in [6, 6.07) is 18.8. The van der Waals surface area contributed by atoms with Crippen molar-refractivity contribution in [2.24, 2.45) is 0 Å². The van der Waals surface area contributed by atoms with Gasteiger partial charge in [0.1, 0.15) is 11.4 Å². The molecular weight excluding hydrogens is 427 g/mol. The number of nitrogens with zero attached hydrogens (tertiary/aromatic N) is 3. The Morgan fingerprint density at radius 1 is 0.848 bits per heavy atom. The van der Waals surface area contributed by atoms with Gasteiger partial charge in [-0.3, -0.25) is 19.7 Å². The van der Waals surface area contributed by atoms with Crippen LogP contribution in [0.1, 0.15) is 20.7 Å². The Kier molecular flexibility index (Phi) is 6.30. The highest BCUT2D eigenvalue weighted by atomic mass is 19.1. The van der Waals surface area contributed by atoms with Gasteiger partial charge in [0, 0.05) is 43.6 Å².